The average molecular weight is 266 g/mol. The molecule has 1 aromatic carbocycles. The molecule has 2 rings (SSSR count). The Balaban J connectivity index is 2.01. The summed E-state index contributed by atoms with van der Waals surface area (Å²) in [6.07, 6.45) is 2.10. The molecule has 1 aliphatic rings. The number of hydrogen-bond donors (Lipinski definition) is 1. The molecule has 0 aromatic heterocycles. The van der Waals surface area contributed by atoms with Gasteiger partial charge in [-0.05, 0) is 37.0 Å². The summed E-state index contributed by atoms with van der Waals surface area (Å²) < 4.78 is 18.4. The van der Waals surface area contributed by atoms with Crippen LogP contribution in [-0.4, -0.2) is 37.6 Å². The first-order valence-corrected chi connectivity index (χ1v) is 6.46. The van der Waals surface area contributed by atoms with E-state index in [-0.39, 0.29) is 11.6 Å². The van der Waals surface area contributed by atoms with Gasteiger partial charge in [-0.15, -0.1) is 0 Å². The average Bonchev–Trinajstić information content (AvgIpc) is 2.39. The number of nitrogen functional groups attached to an aromatic ring is 1. The number of rotatable bonds is 3. The predicted molar refractivity (Wildman–Crippen MR) is 71.3 cm³/mol. The summed E-state index contributed by atoms with van der Waals surface area (Å²) in [4.78, 5) is 13.9. The van der Waals surface area contributed by atoms with Crippen LogP contribution in [0.2, 0.25) is 0 Å². The summed E-state index contributed by atoms with van der Waals surface area (Å²) in [5.41, 5.74) is 6.21. The van der Waals surface area contributed by atoms with Crippen LogP contribution in [0.3, 0.4) is 0 Å². The topological polar surface area (TPSA) is 55.6 Å². The van der Waals surface area contributed by atoms with E-state index in [2.05, 4.69) is 0 Å². The fourth-order valence-electron chi connectivity index (χ4n) is 2.36. The van der Waals surface area contributed by atoms with Crippen LogP contribution in [0.4, 0.5) is 10.1 Å². The first-order valence-electron chi connectivity index (χ1n) is 6.46. The molecule has 19 heavy (non-hydrogen) atoms. The van der Waals surface area contributed by atoms with Crippen LogP contribution in [0.25, 0.3) is 0 Å². The number of carbonyl (C=O) groups excluding carboxylic acids is 1. The van der Waals surface area contributed by atoms with Crippen molar-refractivity contribution in [2.45, 2.75) is 12.8 Å². The van der Waals surface area contributed by atoms with Gasteiger partial charge in [-0.2, -0.15) is 0 Å². The second-order valence-electron chi connectivity index (χ2n) is 5.00. The molecule has 0 spiro atoms. The summed E-state index contributed by atoms with van der Waals surface area (Å²) in [7, 11) is 1.74. The zero-order chi connectivity index (χ0) is 13.8. The molecule has 1 aliphatic heterocycles. The number of nitrogens with zero attached hydrogens (tertiary/aromatic N) is 1. The third-order valence-corrected chi connectivity index (χ3v) is 3.38. The molecule has 1 heterocycles. The molecule has 1 saturated heterocycles. The smallest absolute Gasteiger partial charge is 0.255 e. The van der Waals surface area contributed by atoms with Crippen LogP contribution >= 0.6 is 0 Å². The van der Waals surface area contributed by atoms with Gasteiger partial charge in [-0.1, -0.05) is 0 Å². The van der Waals surface area contributed by atoms with E-state index in [0.29, 0.717) is 24.6 Å². The Morgan fingerprint density at radius 1 is 1.58 bits per heavy atom. The van der Waals surface area contributed by atoms with Gasteiger partial charge in [-0.25, -0.2) is 4.39 Å². The van der Waals surface area contributed by atoms with Gasteiger partial charge in [0.15, 0.2) is 0 Å². The van der Waals surface area contributed by atoms with E-state index in [0.717, 1.165) is 19.4 Å². The lowest BCUT2D eigenvalue weighted by molar-refractivity contribution is 0.0389. The van der Waals surface area contributed by atoms with E-state index in [9.17, 15) is 9.18 Å². The zero-order valence-electron chi connectivity index (χ0n) is 11.1. The molecule has 1 fully saturated rings. The quantitative estimate of drug-likeness (QED) is 0.850. The van der Waals surface area contributed by atoms with Crippen molar-refractivity contribution < 1.29 is 13.9 Å². The van der Waals surface area contributed by atoms with Crippen LogP contribution in [0, 0.1) is 11.7 Å². The molecule has 5 heteroatoms. The molecule has 0 bridgehead atoms. The Kier molecular flexibility index (Phi) is 4.37. The van der Waals surface area contributed by atoms with Crippen LogP contribution in [0.1, 0.15) is 23.2 Å². The van der Waals surface area contributed by atoms with E-state index in [1.54, 1.807) is 11.9 Å². The summed E-state index contributed by atoms with van der Waals surface area (Å²) >= 11 is 0. The number of ether oxygens (including phenoxy) is 1. The highest BCUT2D eigenvalue weighted by atomic mass is 19.1. The minimum atomic E-state index is -0.433. The molecule has 1 atom stereocenters. The van der Waals surface area contributed by atoms with Crippen LogP contribution < -0.4 is 5.73 Å². The SMILES string of the molecule is CN(CC1CCCOC1)C(=O)c1ccc(F)cc1N. The lowest BCUT2D eigenvalue weighted by atomic mass is 10.0. The number of halogens is 1. The van der Waals surface area contributed by atoms with Crippen molar-refractivity contribution in [1.82, 2.24) is 4.90 Å². The zero-order valence-corrected chi connectivity index (χ0v) is 11.1. The predicted octanol–water partition coefficient (Wildman–Crippen LogP) is 1.91. The third-order valence-electron chi connectivity index (χ3n) is 3.38. The summed E-state index contributed by atoms with van der Waals surface area (Å²) in [6, 6.07) is 3.85. The second-order valence-corrected chi connectivity index (χ2v) is 5.00. The number of hydrogen-bond acceptors (Lipinski definition) is 3. The summed E-state index contributed by atoms with van der Waals surface area (Å²) in [6.45, 7) is 2.13. The molecular formula is C14H19FN2O2. The van der Waals surface area contributed by atoms with Gasteiger partial charge in [0.05, 0.1) is 12.2 Å². The number of carbonyl (C=O) groups is 1. The van der Waals surface area contributed by atoms with E-state index in [4.69, 9.17) is 10.5 Å². The highest BCUT2D eigenvalue weighted by Gasteiger charge is 2.20. The first kappa shape index (κ1) is 13.8. The first-order chi connectivity index (χ1) is 9.08. The lowest BCUT2D eigenvalue weighted by Gasteiger charge is -2.27. The molecule has 1 unspecified atom stereocenters. The minimum Gasteiger partial charge on any atom is -0.398 e. The number of amides is 1. The standard InChI is InChI=1S/C14H19FN2O2/c1-17(8-10-3-2-6-19-9-10)14(18)12-5-4-11(15)7-13(12)16/h4-5,7,10H,2-3,6,8-9,16H2,1H3. The Morgan fingerprint density at radius 3 is 3.00 bits per heavy atom. The summed E-state index contributed by atoms with van der Waals surface area (Å²) in [5, 5.41) is 0. The fraction of sp³-hybridized carbons (Fsp3) is 0.500. The van der Waals surface area contributed by atoms with Crippen molar-refractivity contribution in [3.05, 3.63) is 29.6 Å². The Bertz CT molecular complexity index is 459. The number of nitrogens with two attached hydrogens (primary N) is 1. The van der Waals surface area contributed by atoms with Gasteiger partial charge < -0.3 is 15.4 Å². The van der Waals surface area contributed by atoms with Crippen molar-refractivity contribution >= 4 is 11.6 Å². The third kappa shape index (κ3) is 3.44. The molecular weight excluding hydrogens is 247 g/mol. The monoisotopic (exact) mass is 266 g/mol. The van der Waals surface area contributed by atoms with Crippen LogP contribution in [0.5, 0.6) is 0 Å². The minimum absolute atomic E-state index is 0.178. The maximum Gasteiger partial charge on any atom is 0.255 e. The Hall–Kier alpha value is -1.62. The van der Waals surface area contributed by atoms with Crippen LogP contribution in [-0.2, 0) is 4.74 Å². The van der Waals surface area contributed by atoms with Crippen molar-refractivity contribution in [3.8, 4) is 0 Å². The van der Waals surface area contributed by atoms with E-state index < -0.39 is 5.82 Å². The molecule has 104 valence electrons. The maximum absolute atomic E-state index is 13.0. The van der Waals surface area contributed by atoms with Gasteiger partial charge in [0.2, 0.25) is 0 Å². The van der Waals surface area contributed by atoms with Crippen molar-refractivity contribution in [2.75, 3.05) is 32.5 Å². The number of anilines is 1. The van der Waals surface area contributed by atoms with Gasteiger partial charge in [0.25, 0.3) is 5.91 Å². The van der Waals surface area contributed by atoms with Crippen molar-refractivity contribution in [2.24, 2.45) is 5.92 Å². The molecule has 1 aromatic rings. The van der Waals surface area contributed by atoms with E-state index >= 15 is 0 Å². The molecule has 2 N–H and O–H groups in total. The molecule has 0 aliphatic carbocycles. The highest BCUT2D eigenvalue weighted by Crippen LogP contribution is 2.18. The van der Waals surface area contributed by atoms with E-state index in [1.807, 2.05) is 0 Å². The van der Waals surface area contributed by atoms with Crippen molar-refractivity contribution in [1.29, 1.82) is 0 Å². The number of benzene rings is 1. The Morgan fingerprint density at radius 2 is 2.37 bits per heavy atom. The second kappa shape index (κ2) is 6.02. The maximum atomic E-state index is 13.0. The molecule has 0 saturated carbocycles. The van der Waals surface area contributed by atoms with Crippen molar-refractivity contribution in [3.63, 3.8) is 0 Å². The normalized spacial score (nSPS) is 19.2. The summed E-state index contributed by atoms with van der Waals surface area (Å²) in [5.74, 6) is -0.246. The molecule has 4 nitrogen and oxygen atoms in total. The Labute approximate surface area is 112 Å². The lowest BCUT2D eigenvalue weighted by Crippen LogP contribution is -2.35. The van der Waals surface area contributed by atoms with Gasteiger partial charge in [0.1, 0.15) is 5.82 Å². The fourth-order valence-corrected chi connectivity index (χ4v) is 2.36. The van der Waals surface area contributed by atoms with E-state index in [1.165, 1.54) is 18.2 Å². The highest BCUT2D eigenvalue weighted by molar-refractivity contribution is 5.98. The van der Waals surface area contributed by atoms with Gasteiger partial charge in [0, 0.05) is 25.9 Å². The van der Waals surface area contributed by atoms with Gasteiger partial charge >= 0.3 is 0 Å². The largest absolute Gasteiger partial charge is 0.398 e. The molecule has 1 amide bonds. The van der Waals surface area contributed by atoms with Gasteiger partial charge in [-0.3, -0.25) is 4.79 Å². The molecule has 0 radical (unpaired) electrons. The van der Waals surface area contributed by atoms with Crippen LogP contribution in [0.15, 0.2) is 18.2 Å².